The lowest BCUT2D eigenvalue weighted by molar-refractivity contribution is 0.0903. The molecule has 4 aromatic rings. The quantitative estimate of drug-likeness (QED) is 0.483. The molecule has 0 radical (unpaired) electrons. The van der Waals surface area contributed by atoms with Gasteiger partial charge in [-0.25, -0.2) is 13.8 Å². The Morgan fingerprint density at radius 3 is 2.81 bits per heavy atom. The van der Waals surface area contributed by atoms with Gasteiger partial charge in [-0.15, -0.1) is 0 Å². The van der Waals surface area contributed by atoms with Gasteiger partial charge < -0.3 is 15.0 Å². The van der Waals surface area contributed by atoms with Gasteiger partial charge in [0.15, 0.2) is 11.6 Å². The number of amides is 1. The molecule has 2 N–H and O–H groups in total. The molecule has 3 aromatic heterocycles. The molecular formula is C24H20F2N4O2. The monoisotopic (exact) mass is 434 g/mol. The van der Waals surface area contributed by atoms with Crippen molar-refractivity contribution in [2.45, 2.75) is 32.4 Å². The molecule has 32 heavy (non-hydrogen) atoms. The van der Waals surface area contributed by atoms with Crippen molar-refractivity contribution < 1.29 is 18.3 Å². The van der Waals surface area contributed by atoms with Crippen LogP contribution in [-0.2, 0) is 0 Å². The van der Waals surface area contributed by atoms with Crippen LogP contribution in [-0.4, -0.2) is 27.0 Å². The third-order valence-electron chi connectivity index (χ3n) is 5.71. The lowest BCUT2D eigenvalue weighted by Crippen LogP contribution is -2.36. The van der Waals surface area contributed by atoms with E-state index in [4.69, 9.17) is 4.74 Å². The number of fused-ring (bicyclic) bond motifs is 2. The van der Waals surface area contributed by atoms with Gasteiger partial charge in [0.2, 0.25) is 0 Å². The van der Waals surface area contributed by atoms with Crippen molar-refractivity contribution in [3.05, 3.63) is 77.2 Å². The van der Waals surface area contributed by atoms with Crippen LogP contribution in [0, 0.1) is 18.6 Å². The van der Waals surface area contributed by atoms with E-state index < -0.39 is 23.6 Å². The highest BCUT2D eigenvalue weighted by Crippen LogP contribution is 2.37. The molecule has 0 saturated heterocycles. The number of aryl methyl sites for hydroxylation is 1. The highest BCUT2D eigenvalue weighted by molar-refractivity contribution is 5.96. The number of H-pyrrole nitrogens is 1. The number of aromatic nitrogens is 3. The number of benzene rings is 1. The first-order valence-electron chi connectivity index (χ1n) is 10.3. The number of ether oxygens (including phenoxy) is 1. The molecule has 8 heteroatoms. The molecule has 0 unspecified atom stereocenters. The summed E-state index contributed by atoms with van der Waals surface area (Å²) in [5.74, 6) is -2.16. The van der Waals surface area contributed by atoms with E-state index in [0.717, 1.165) is 28.2 Å². The molecule has 6 nitrogen and oxygen atoms in total. The first-order valence-corrected chi connectivity index (χ1v) is 10.3. The minimum Gasteiger partial charge on any atom is -0.490 e. The maximum atomic E-state index is 14.5. The first-order chi connectivity index (χ1) is 15.4. The van der Waals surface area contributed by atoms with Crippen molar-refractivity contribution in [2.24, 2.45) is 0 Å². The summed E-state index contributed by atoms with van der Waals surface area (Å²) in [7, 11) is 0. The van der Waals surface area contributed by atoms with Gasteiger partial charge in [-0.1, -0.05) is 0 Å². The number of rotatable bonds is 3. The van der Waals surface area contributed by atoms with Crippen LogP contribution >= 0.6 is 0 Å². The molecule has 0 saturated carbocycles. The smallest absolute Gasteiger partial charge is 0.253 e. The number of pyridine rings is 2. The van der Waals surface area contributed by atoms with Crippen molar-refractivity contribution in [1.29, 1.82) is 0 Å². The average molecular weight is 434 g/mol. The van der Waals surface area contributed by atoms with Crippen LogP contribution in [0.1, 0.15) is 40.9 Å². The highest BCUT2D eigenvalue weighted by Gasteiger charge is 2.31. The van der Waals surface area contributed by atoms with E-state index in [2.05, 4.69) is 20.3 Å². The second kappa shape index (κ2) is 7.71. The van der Waals surface area contributed by atoms with Crippen molar-refractivity contribution >= 4 is 16.9 Å². The number of carbonyl (C=O) groups is 1. The predicted molar refractivity (Wildman–Crippen MR) is 115 cm³/mol. The summed E-state index contributed by atoms with van der Waals surface area (Å²) in [4.78, 5) is 24.8. The molecule has 5 rings (SSSR count). The van der Waals surface area contributed by atoms with E-state index >= 15 is 0 Å². The number of hydrogen-bond acceptors (Lipinski definition) is 4. The molecule has 0 spiro atoms. The van der Waals surface area contributed by atoms with Gasteiger partial charge in [-0.2, -0.15) is 0 Å². The van der Waals surface area contributed by atoms with Crippen LogP contribution in [0.4, 0.5) is 8.78 Å². The molecule has 1 aromatic carbocycles. The average Bonchev–Trinajstić information content (AvgIpc) is 3.17. The SMILES string of the molecule is Cc1c[nH]c2nccc(-c3ccc(C(=O)N[C@H]4C[C@@H](C)Oc5ccc(F)c(F)c54)cn3)c12. The van der Waals surface area contributed by atoms with Crippen LogP contribution in [0.25, 0.3) is 22.3 Å². The zero-order valence-electron chi connectivity index (χ0n) is 17.4. The van der Waals surface area contributed by atoms with Gasteiger partial charge in [0, 0.05) is 36.0 Å². The Hall–Kier alpha value is -3.81. The molecule has 0 bridgehead atoms. The maximum Gasteiger partial charge on any atom is 0.253 e. The Morgan fingerprint density at radius 2 is 2.03 bits per heavy atom. The normalized spacial score (nSPS) is 17.6. The minimum atomic E-state index is -1.00. The molecule has 0 aliphatic carbocycles. The van der Waals surface area contributed by atoms with E-state index in [0.29, 0.717) is 17.7 Å². The van der Waals surface area contributed by atoms with Crippen molar-refractivity contribution in [1.82, 2.24) is 20.3 Å². The number of hydrogen-bond donors (Lipinski definition) is 2. The lowest BCUT2D eigenvalue weighted by Gasteiger charge is -2.31. The zero-order valence-corrected chi connectivity index (χ0v) is 17.4. The van der Waals surface area contributed by atoms with Crippen LogP contribution in [0.5, 0.6) is 5.75 Å². The van der Waals surface area contributed by atoms with Crippen LogP contribution in [0.15, 0.2) is 48.9 Å². The third kappa shape index (κ3) is 3.37. The third-order valence-corrected chi connectivity index (χ3v) is 5.71. The van der Waals surface area contributed by atoms with Crippen LogP contribution < -0.4 is 10.1 Å². The summed E-state index contributed by atoms with van der Waals surface area (Å²) in [6.45, 7) is 3.80. The van der Waals surface area contributed by atoms with Gasteiger partial charge in [-0.05, 0) is 49.7 Å². The number of halogens is 2. The predicted octanol–water partition coefficient (Wildman–Crippen LogP) is 4.85. The number of nitrogens with one attached hydrogen (secondary N) is 2. The Morgan fingerprint density at radius 1 is 1.19 bits per heavy atom. The number of nitrogens with zero attached hydrogens (tertiary/aromatic N) is 2. The summed E-state index contributed by atoms with van der Waals surface area (Å²) in [5, 5.41) is 3.78. The van der Waals surface area contributed by atoms with E-state index in [1.807, 2.05) is 26.1 Å². The van der Waals surface area contributed by atoms with Gasteiger partial charge in [-0.3, -0.25) is 9.78 Å². The van der Waals surface area contributed by atoms with Crippen LogP contribution in [0.2, 0.25) is 0 Å². The fraction of sp³-hybridized carbons (Fsp3) is 0.208. The lowest BCUT2D eigenvalue weighted by atomic mass is 9.96. The molecule has 1 aliphatic rings. The highest BCUT2D eigenvalue weighted by atomic mass is 19.2. The summed E-state index contributed by atoms with van der Waals surface area (Å²) < 4.78 is 33.9. The summed E-state index contributed by atoms with van der Waals surface area (Å²) in [6.07, 6.45) is 5.14. The second-order valence-corrected chi connectivity index (χ2v) is 7.95. The van der Waals surface area contributed by atoms with Gasteiger partial charge in [0.25, 0.3) is 5.91 Å². The fourth-order valence-corrected chi connectivity index (χ4v) is 4.18. The molecule has 2 atom stereocenters. The Balaban J connectivity index is 1.42. The summed E-state index contributed by atoms with van der Waals surface area (Å²) >= 11 is 0. The summed E-state index contributed by atoms with van der Waals surface area (Å²) in [5.41, 5.74) is 3.78. The van der Waals surface area contributed by atoms with E-state index in [1.165, 1.54) is 12.3 Å². The zero-order chi connectivity index (χ0) is 22.4. The summed E-state index contributed by atoms with van der Waals surface area (Å²) in [6, 6.07) is 7.00. The standard InChI is InChI=1S/C24H20F2N4O2/c1-12-10-29-23-20(12)15(7-8-27-23)17-5-3-14(11-28-17)24(31)30-18-9-13(2)32-19-6-4-16(25)22(26)21(18)19/h3-8,10-11,13,18H,9H2,1-2H3,(H,27,29)(H,30,31)/t13-,18+/m1/s1. The second-order valence-electron chi connectivity index (χ2n) is 7.95. The minimum absolute atomic E-state index is 0.0307. The largest absolute Gasteiger partial charge is 0.490 e. The molecular weight excluding hydrogens is 414 g/mol. The van der Waals surface area contributed by atoms with Crippen LogP contribution in [0.3, 0.4) is 0 Å². The van der Waals surface area contributed by atoms with Gasteiger partial charge in [0.05, 0.1) is 29.0 Å². The van der Waals surface area contributed by atoms with Crippen molar-refractivity contribution in [3.8, 4) is 17.0 Å². The maximum absolute atomic E-state index is 14.5. The molecule has 1 amide bonds. The molecule has 4 heterocycles. The van der Waals surface area contributed by atoms with Gasteiger partial charge >= 0.3 is 0 Å². The van der Waals surface area contributed by atoms with E-state index in [9.17, 15) is 13.6 Å². The Kier molecular flexibility index (Phi) is 4.84. The number of aromatic amines is 1. The Labute approximate surface area is 182 Å². The van der Waals surface area contributed by atoms with E-state index in [-0.39, 0.29) is 17.4 Å². The molecule has 1 aliphatic heterocycles. The molecule has 162 valence electrons. The first kappa shape index (κ1) is 20.1. The Bertz CT molecular complexity index is 1330. The molecule has 0 fully saturated rings. The van der Waals surface area contributed by atoms with Crippen molar-refractivity contribution in [2.75, 3.05) is 0 Å². The fourth-order valence-electron chi connectivity index (χ4n) is 4.18. The number of carbonyl (C=O) groups excluding carboxylic acids is 1. The van der Waals surface area contributed by atoms with Crippen molar-refractivity contribution in [3.63, 3.8) is 0 Å². The van der Waals surface area contributed by atoms with Gasteiger partial charge in [0.1, 0.15) is 11.4 Å². The van der Waals surface area contributed by atoms with E-state index in [1.54, 1.807) is 18.3 Å². The topological polar surface area (TPSA) is 79.9 Å².